The zero-order valence-electron chi connectivity index (χ0n) is 16.4. The van der Waals surface area contributed by atoms with Crippen molar-refractivity contribution in [1.82, 2.24) is 9.80 Å². The maximum absolute atomic E-state index is 12.4. The van der Waals surface area contributed by atoms with Crippen LogP contribution in [0.4, 0.5) is 5.69 Å². The highest BCUT2D eigenvalue weighted by Crippen LogP contribution is 2.17. The second-order valence-corrected chi connectivity index (χ2v) is 7.02. The molecule has 1 aromatic heterocycles. The van der Waals surface area contributed by atoms with Crippen molar-refractivity contribution in [3.8, 4) is 5.75 Å². The van der Waals surface area contributed by atoms with Crippen molar-refractivity contribution < 1.29 is 18.7 Å². The molecule has 1 saturated heterocycles. The first-order chi connectivity index (χ1) is 13.5. The van der Waals surface area contributed by atoms with Gasteiger partial charge in [-0.2, -0.15) is 0 Å². The molecule has 150 valence electrons. The van der Waals surface area contributed by atoms with Gasteiger partial charge in [0.2, 0.25) is 5.91 Å². The van der Waals surface area contributed by atoms with Gasteiger partial charge in [-0.3, -0.25) is 9.59 Å². The SMILES string of the molecule is CC(C)Oc1ccc(NCCC(=O)N2CCN(C(=O)c3ccco3)CC2)cc1. The highest BCUT2D eigenvalue weighted by molar-refractivity contribution is 5.91. The van der Waals surface area contributed by atoms with E-state index in [0.717, 1.165) is 11.4 Å². The normalized spacial score (nSPS) is 14.2. The molecule has 7 nitrogen and oxygen atoms in total. The Morgan fingerprint density at radius 2 is 1.75 bits per heavy atom. The highest BCUT2D eigenvalue weighted by atomic mass is 16.5. The fraction of sp³-hybridized carbons (Fsp3) is 0.429. The third-order valence-electron chi connectivity index (χ3n) is 4.55. The van der Waals surface area contributed by atoms with E-state index in [9.17, 15) is 9.59 Å². The summed E-state index contributed by atoms with van der Waals surface area (Å²) in [6.45, 7) is 6.69. The Morgan fingerprint density at radius 1 is 1.07 bits per heavy atom. The van der Waals surface area contributed by atoms with Crippen LogP contribution in [0.15, 0.2) is 47.1 Å². The Morgan fingerprint density at radius 3 is 2.36 bits per heavy atom. The predicted octanol–water partition coefficient (Wildman–Crippen LogP) is 2.85. The number of carbonyl (C=O) groups excluding carboxylic acids is 2. The van der Waals surface area contributed by atoms with E-state index in [2.05, 4.69) is 5.32 Å². The minimum absolute atomic E-state index is 0.0948. The number of benzene rings is 1. The molecular formula is C21H27N3O4. The van der Waals surface area contributed by atoms with Crippen molar-refractivity contribution >= 4 is 17.5 Å². The lowest BCUT2D eigenvalue weighted by atomic mass is 10.2. The lowest BCUT2D eigenvalue weighted by molar-refractivity contribution is -0.132. The molecule has 0 aliphatic carbocycles. The minimum atomic E-state index is -0.122. The zero-order chi connectivity index (χ0) is 19.9. The van der Waals surface area contributed by atoms with E-state index in [1.165, 1.54) is 6.26 Å². The fourth-order valence-electron chi connectivity index (χ4n) is 3.11. The summed E-state index contributed by atoms with van der Waals surface area (Å²) in [5.41, 5.74) is 0.956. The average Bonchev–Trinajstić information content (AvgIpc) is 3.23. The second-order valence-electron chi connectivity index (χ2n) is 7.02. The maximum Gasteiger partial charge on any atom is 0.289 e. The molecule has 0 bridgehead atoms. The van der Waals surface area contributed by atoms with Gasteiger partial charge in [-0.05, 0) is 50.2 Å². The van der Waals surface area contributed by atoms with Gasteiger partial charge in [-0.25, -0.2) is 0 Å². The first kappa shape index (κ1) is 19.8. The second kappa shape index (κ2) is 9.30. The standard InChI is InChI=1S/C21H27N3O4/c1-16(2)28-18-7-5-17(6-8-18)22-10-9-20(25)23-11-13-24(14-12-23)21(26)19-4-3-15-27-19/h3-8,15-16,22H,9-14H2,1-2H3. The van der Waals surface area contributed by atoms with E-state index < -0.39 is 0 Å². The summed E-state index contributed by atoms with van der Waals surface area (Å²) in [6, 6.07) is 11.1. The van der Waals surface area contributed by atoms with Crippen molar-refractivity contribution in [1.29, 1.82) is 0 Å². The number of rotatable bonds is 7. The molecule has 1 aliphatic heterocycles. The Balaban J connectivity index is 1.38. The van der Waals surface area contributed by atoms with Crippen LogP contribution in [0, 0.1) is 0 Å². The van der Waals surface area contributed by atoms with E-state index in [1.807, 2.05) is 43.0 Å². The summed E-state index contributed by atoms with van der Waals surface area (Å²) < 4.78 is 10.8. The van der Waals surface area contributed by atoms with Gasteiger partial charge in [0.25, 0.3) is 5.91 Å². The Bertz CT molecular complexity index is 763. The molecule has 1 fully saturated rings. The molecule has 1 N–H and O–H groups in total. The molecular weight excluding hydrogens is 358 g/mol. The topological polar surface area (TPSA) is 75.0 Å². The third-order valence-corrected chi connectivity index (χ3v) is 4.55. The molecule has 0 atom stereocenters. The summed E-state index contributed by atoms with van der Waals surface area (Å²) in [6.07, 6.45) is 2.05. The molecule has 28 heavy (non-hydrogen) atoms. The lowest BCUT2D eigenvalue weighted by Gasteiger charge is -2.34. The van der Waals surface area contributed by atoms with Crippen molar-refractivity contribution in [2.24, 2.45) is 0 Å². The molecule has 1 aliphatic rings. The van der Waals surface area contributed by atoms with Crippen LogP contribution in [0.5, 0.6) is 5.75 Å². The molecule has 0 saturated carbocycles. The molecule has 7 heteroatoms. The van der Waals surface area contributed by atoms with Crippen molar-refractivity contribution in [2.75, 3.05) is 38.0 Å². The number of hydrogen-bond donors (Lipinski definition) is 1. The summed E-state index contributed by atoms with van der Waals surface area (Å²) in [4.78, 5) is 28.2. The summed E-state index contributed by atoms with van der Waals surface area (Å²) in [5.74, 6) is 1.15. The molecule has 0 spiro atoms. The molecule has 2 aromatic rings. The van der Waals surface area contributed by atoms with Gasteiger partial charge < -0.3 is 24.3 Å². The largest absolute Gasteiger partial charge is 0.491 e. The smallest absolute Gasteiger partial charge is 0.289 e. The number of nitrogens with zero attached hydrogens (tertiary/aromatic N) is 2. The minimum Gasteiger partial charge on any atom is -0.491 e. The van der Waals surface area contributed by atoms with E-state index in [0.29, 0.717) is 44.9 Å². The number of piperazine rings is 1. The molecule has 0 unspecified atom stereocenters. The van der Waals surface area contributed by atoms with Gasteiger partial charge in [-0.1, -0.05) is 0 Å². The third kappa shape index (κ3) is 5.28. The lowest BCUT2D eigenvalue weighted by Crippen LogP contribution is -2.50. The first-order valence-electron chi connectivity index (χ1n) is 9.64. The van der Waals surface area contributed by atoms with Crippen LogP contribution in [0.25, 0.3) is 0 Å². The molecule has 0 radical (unpaired) electrons. The first-order valence-corrected chi connectivity index (χ1v) is 9.64. The number of ether oxygens (including phenoxy) is 1. The Kier molecular flexibility index (Phi) is 6.57. The Hall–Kier alpha value is -2.96. The summed E-state index contributed by atoms with van der Waals surface area (Å²) in [5, 5.41) is 3.26. The van der Waals surface area contributed by atoms with Gasteiger partial charge in [-0.15, -0.1) is 0 Å². The molecule has 2 heterocycles. The van der Waals surface area contributed by atoms with Gasteiger partial charge in [0.15, 0.2) is 5.76 Å². The van der Waals surface area contributed by atoms with Gasteiger partial charge in [0.05, 0.1) is 12.4 Å². The maximum atomic E-state index is 12.4. The van der Waals surface area contributed by atoms with Crippen LogP contribution in [-0.2, 0) is 4.79 Å². The van der Waals surface area contributed by atoms with Crippen LogP contribution >= 0.6 is 0 Å². The van der Waals surface area contributed by atoms with Crippen LogP contribution < -0.4 is 10.1 Å². The average molecular weight is 385 g/mol. The van der Waals surface area contributed by atoms with E-state index in [1.54, 1.807) is 17.0 Å². The monoisotopic (exact) mass is 385 g/mol. The number of carbonyl (C=O) groups is 2. The Labute approximate surface area is 165 Å². The highest BCUT2D eigenvalue weighted by Gasteiger charge is 2.25. The summed E-state index contributed by atoms with van der Waals surface area (Å²) >= 11 is 0. The molecule has 1 aromatic carbocycles. The number of nitrogens with one attached hydrogen (secondary N) is 1. The summed E-state index contributed by atoms with van der Waals surface area (Å²) in [7, 11) is 0. The fourth-order valence-corrected chi connectivity index (χ4v) is 3.11. The van der Waals surface area contributed by atoms with Gasteiger partial charge in [0, 0.05) is 44.8 Å². The van der Waals surface area contributed by atoms with E-state index in [4.69, 9.17) is 9.15 Å². The number of amides is 2. The molecule has 2 amide bonds. The van der Waals surface area contributed by atoms with Crippen LogP contribution in [0.3, 0.4) is 0 Å². The van der Waals surface area contributed by atoms with Crippen LogP contribution in [-0.4, -0.2) is 60.4 Å². The number of anilines is 1. The van der Waals surface area contributed by atoms with Gasteiger partial charge >= 0.3 is 0 Å². The van der Waals surface area contributed by atoms with E-state index in [-0.39, 0.29) is 17.9 Å². The predicted molar refractivity (Wildman–Crippen MR) is 107 cm³/mol. The molecule has 3 rings (SSSR count). The van der Waals surface area contributed by atoms with Crippen LogP contribution in [0.1, 0.15) is 30.8 Å². The quantitative estimate of drug-likeness (QED) is 0.793. The number of furan rings is 1. The van der Waals surface area contributed by atoms with Gasteiger partial charge in [0.1, 0.15) is 5.75 Å². The van der Waals surface area contributed by atoms with Crippen molar-refractivity contribution in [3.05, 3.63) is 48.4 Å². The van der Waals surface area contributed by atoms with E-state index >= 15 is 0 Å². The van der Waals surface area contributed by atoms with Crippen molar-refractivity contribution in [3.63, 3.8) is 0 Å². The number of hydrogen-bond acceptors (Lipinski definition) is 5. The van der Waals surface area contributed by atoms with Crippen LogP contribution in [0.2, 0.25) is 0 Å². The van der Waals surface area contributed by atoms with Crippen molar-refractivity contribution in [2.45, 2.75) is 26.4 Å². The zero-order valence-corrected chi connectivity index (χ0v) is 16.4.